The van der Waals surface area contributed by atoms with Gasteiger partial charge in [0.05, 0.1) is 0 Å². The van der Waals surface area contributed by atoms with Gasteiger partial charge in [-0.15, -0.1) is 23.1 Å². The third-order valence-corrected chi connectivity index (χ3v) is 6.23. The highest BCUT2D eigenvalue weighted by Gasteiger charge is 2.23. The zero-order valence-corrected chi connectivity index (χ0v) is 15.4. The van der Waals surface area contributed by atoms with Gasteiger partial charge in [-0.3, -0.25) is 9.59 Å². The Morgan fingerprint density at radius 1 is 1.46 bits per heavy atom. The van der Waals surface area contributed by atoms with Crippen molar-refractivity contribution >= 4 is 45.1 Å². The number of thiophene rings is 1. The van der Waals surface area contributed by atoms with Crippen molar-refractivity contribution in [2.45, 2.75) is 44.2 Å². The fourth-order valence-electron chi connectivity index (χ4n) is 2.68. The van der Waals surface area contributed by atoms with E-state index in [0.717, 1.165) is 21.7 Å². The van der Waals surface area contributed by atoms with Crippen LogP contribution >= 0.6 is 23.1 Å². The van der Waals surface area contributed by atoms with Crippen LogP contribution in [0.15, 0.2) is 11.4 Å². The number of rotatable bonds is 5. The van der Waals surface area contributed by atoms with Crippen LogP contribution in [0, 0.1) is 13.8 Å². The van der Waals surface area contributed by atoms with Gasteiger partial charge in [0.1, 0.15) is 22.2 Å². The van der Waals surface area contributed by atoms with Crippen molar-refractivity contribution < 1.29 is 9.59 Å². The normalized spacial score (nSPS) is 17.8. The number of thioether (sulfide) groups is 1. The Morgan fingerprint density at radius 3 is 3.08 bits per heavy atom. The summed E-state index contributed by atoms with van der Waals surface area (Å²) < 4.78 is 0. The fraction of sp³-hybridized carbons (Fsp3) is 0.500. The summed E-state index contributed by atoms with van der Waals surface area (Å²) in [7, 11) is 0. The average Bonchev–Trinajstić information content (AvgIpc) is 2.85. The van der Waals surface area contributed by atoms with Gasteiger partial charge in [0.15, 0.2) is 0 Å². The predicted molar refractivity (Wildman–Crippen MR) is 96.4 cm³/mol. The number of carbonyl (C=O) groups excluding carboxylic acids is 2. The standard InChI is InChI=1S/C16H20N4O2S2/c1-9-10(2)24-16-13(9)15(18-8-19-16)23-7-5-12(21)20-11-4-3-6-17-14(11)22/h8,11H,3-7H2,1-2H3,(H,17,22)(H,20,21)/t11-/m1/s1. The van der Waals surface area contributed by atoms with Gasteiger partial charge in [-0.25, -0.2) is 9.97 Å². The fourth-order valence-corrected chi connectivity index (χ4v) is 4.73. The first-order chi connectivity index (χ1) is 11.6. The Bertz CT molecular complexity index is 775. The lowest BCUT2D eigenvalue weighted by atomic mass is 10.1. The maximum absolute atomic E-state index is 12.0. The molecule has 6 nitrogen and oxygen atoms in total. The van der Waals surface area contributed by atoms with Gasteiger partial charge in [0, 0.05) is 29.0 Å². The minimum absolute atomic E-state index is 0.0795. The third kappa shape index (κ3) is 3.70. The molecule has 24 heavy (non-hydrogen) atoms. The molecular formula is C16H20N4O2S2. The molecule has 0 unspecified atom stereocenters. The van der Waals surface area contributed by atoms with E-state index in [9.17, 15) is 9.59 Å². The van der Waals surface area contributed by atoms with Gasteiger partial charge >= 0.3 is 0 Å². The number of amides is 2. The van der Waals surface area contributed by atoms with Crippen LogP contribution in [-0.2, 0) is 9.59 Å². The molecule has 0 aliphatic carbocycles. The van der Waals surface area contributed by atoms with E-state index >= 15 is 0 Å². The summed E-state index contributed by atoms with van der Waals surface area (Å²) >= 11 is 3.23. The molecule has 128 valence electrons. The monoisotopic (exact) mass is 364 g/mol. The smallest absolute Gasteiger partial charge is 0.242 e. The van der Waals surface area contributed by atoms with Crippen LogP contribution in [0.25, 0.3) is 10.2 Å². The summed E-state index contributed by atoms with van der Waals surface area (Å²) in [4.78, 5) is 34.6. The Balaban J connectivity index is 1.56. The summed E-state index contributed by atoms with van der Waals surface area (Å²) in [6.07, 6.45) is 3.56. The van der Waals surface area contributed by atoms with E-state index in [1.54, 1.807) is 29.4 Å². The second-order valence-corrected chi connectivity index (χ2v) is 8.08. The maximum atomic E-state index is 12.0. The van der Waals surface area contributed by atoms with E-state index in [2.05, 4.69) is 34.4 Å². The minimum Gasteiger partial charge on any atom is -0.354 e. The number of carbonyl (C=O) groups is 2. The van der Waals surface area contributed by atoms with Crippen molar-refractivity contribution in [3.63, 3.8) is 0 Å². The molecule has 3 rings (SSSR count). The SMILES string of the molecule is Cc1sc2ncnc(SCCC(=O)N[C@@H]3CCCNC3=O)c2c1C. The van der Waals surface area contributed by atoms with Crippen LogP contribution in [0.1, 0.15) is 29.7 Å². The van der Waals surface area contributed by atoms with Crippen LogP contribution < -0.4 is 10.6 Å². The van der Waals surface area contributed by atoms with Gasteiger partial charge in [-0.05, 0) is 32.3 Å². The zero-order chi connectivity index (χ0) is 17.1. The molecular weight excluding hydrogens is 344 g/mol. The Labute approximate surface area is 148 Å². The lowest BCUT2D eigenvalue weighted by Crippen LogP contribution is -2.50. The highest BCUT2D eigenvalue weighted by Crippen LogP contribution is 2.34. The number of nitrogens with one attached hydrogen (secondary N) is 2. The van der Waals surface area contributed by atoms with Crippen molar-refractivity contribution in [2.24, 2.45) is 0 Å². The molecule has 1 saturated heterocycles. The molecule has 0 aromatic carbocycles. The number of aromatic nitrogens is 2. The van der Waals surface area contributed by atoms with Gasteiger partial charge in [-0.1, -0.05) is 0 Å². The summed E-state index contributed by atoms with van der Waals surface area (Å²) in [6, 6.07) is -0.385. The molecule has 1 atom stereocenters. The quantitative estimate of drug-likeness (QED) is 0.628. The summed E-state index contributed by atoms with van der Waals surface area (Å²) in [5, 5.41) is 7.60. The number of aryl methyl sites for hydroxylation is 2. The molecule has 0 saturated carbocycles. The molecule has 2 N–H and O–H groups in total. The first-order valence-corrected chi connectivity index (χ1v) is 9.77. The molecule has 0 spiro atoms. The van der Waals surface area contributed by atoms with Crippen LogP contribution in [0.3, 0.4) is 0 Å². The van der Waals surface area contributed by atoms with Gasteiger partial charge in [-0.2, -0.15) is 0 Å². The first-order valence-electron chi connectivity index (χ1n) is 7.97. The van der Waals surface area contributed by atoms with Crippen LogP contribution in [0.2, 0.25) is 0 Å². The average molecular weight is 364 g/mol. The number of hydrogen-bond acceptors (Lipinski definition) is 6. The van der Waals surface area contributed by atoms with E-state index in [4.69, 9.17) is 0 Å². The molecule has 2 aromatic heterocycles. The van der Waals surface area contributed by atoms with Crippen molar-refractivity contribution in [1.29, 1.82) is 0 Å². The highest BCUT2D eigenvalue weighted by atomic mass is 32.2. The predicted octanol–water partition coefficient (Wildman–Crippen LogP) is 2.19. The third-order valence-electron chi connectivity index (χ3n) is 4.12. The number of nitrogens with zero attached hydrogens (tertiary/aromatic N) is 2. The molecule has 1 aliphatic heterocycles. The molecule has 2 amide bonds. The number of fused-ring (bicyclic) bond motifs is 1. The van der Waals surface area contributed by atoms with E-state index in [1.807, 2.05) is 0 Å². The van der Waals surface area contributed by atoms with Crippen LogP contribution in [0.5, 0.6) is 0 Å². The first kappa shape index (κ1) is 17.2. The second-order valence-electron chi connectivity index (χ2n) is 5.79. The van der Waals surface area contributed by atoms with Crippen molar-refractivity contribution in [3.8, 4) is 0 Å². The summed E-state index contributed by atoms with van der Waals surface area (Å²) in [5.74, 6) is 0.456. The van der Waals surface area contributed by atoms with E-state index in [-0.39, 0.29) is 17.9 Å². The van der Waals surface area contributed by atoms with Crippen molar-refractivity contribution in [1.82, 2.24) is 20.6 Å². The van der Waals surface area contributed by atoms with Crippen LogP contribution in [0.4, 0.5) is 0 Å². The van der Waals surface area contributed by atoms with E-state index in [0.29, 0.717) is 25.1 Å². The Hall–Kier alpha value is -1.67. The zero-order valence-electron chi connectivity index (χ0n) is 13.7. The molecule has 8 heteroatoms. The topological polar surface area (TPSA) is 84.0 Å². The van der Waals surface area contributed by atoms with Gasteiger partial charge in [0.25, 0.3) is 0 Å². The Kier molecular flexibility index (Phi) is 5.35. The summed E-state index contributed by atoms with van der Waals surface area (Å²) in [5.41, 5.74) is 1.21. The molecule has 1 aliphatic rings. The van der Waals surface area contributed by atoms with Gasteiger partial charge in [0.2, 0.25) is 11.8 Å². The molecule has 0 bridgehead atoms. The van der Waals surface area contributed by atoms with Crippen LogP contribution in [-0.4, -0.2) is 40.1 Å². The van der Waals surface area contributed by atoms with Crippen molar-refractivity contribution in [2.75, 3.05) is 12.3 Å². The summed E-state index contributed by atoms with van der Waals surface area (Å²) in [6.45, 7) is 4.86. The maximum Gasteiger partial charge on any atom is 0.242 e. The highest BCUT2D eigenvalue weighted by molar-refractivity contribution is 7.99. The molecule has 0 radical (unpaired) electrons. The largest absolute Gasteiger partial charge is 0.354 e. The number of piperidine rings is 1. The molecule has 3 heterocycles. The van der Waals surface area contributed by atoms with Gasteiger partial charge < -0.3 is 10.6 Å². The lowest BCUT2D eigenvalue weighted by Gasteiger charge is -2.22. The van der Waals surface area contributed by atoms with E-state index in [1.165, 1.54) is 10.4 Å². The minimum atomic E-state index is -0.385. The number of hydrogen-bond donors (Lipinski definition) is 2. The lowest BCUT2D eigenvalue weighted by molar-refractivity contribution is -0.129. The Morgan fingerprint density at radius 2 is 2.29 bits per heavy atom. The second kappa shape index (κ2) is 7.48. The van der Waals surface area contributed by atoms with E-state index < -0.39 is 0 Å². The molecule has 1 fully saturated rings. The van der Waals surface area contributed by atoms with Crippen molar-refractivity contribution in [3.05, 3.63) is 16.8 Å². The molecule has 2 aromatic rings.